The van der Waals surface area contributed by atoms with E-state index in [0.29, 0.717) is 5.56 Å². The number of benzene rings is 2. The molecule has 1 aromatic heterocycles. The van der Waals surface area contributed by atoms with Gasteiger partial charge in [0.1, 0.15) is 5.56 Å². The Balaban J connectivity index is 1.62. The van der Waals surface area contributed by atoms with Crippen LogP contribution in [-0.4, -0.2) is 31.8 Å². The minimum Gasteiger partial charge on any atom is -0.334 e. The number of aryl methyl sites for hydroxylation is 1. The number of imide groups is 1. The third-order valence-corrected chi connectivity index (χ3v) is 4.24. The second kappa shape index (κ2) is 6.13. The molecule has 0 unspecified atom stereocenters. The van der Waals surface area contributed by atoms with Crippen molar-refractivity contribution in [3.8, 4) is 11.5 Å². The largest absolute Gasteiger partial charge is 0.334 e. The van der Waals surface area contributed by atoms with Crippen LogP contribution in [0.4, 0.5) is 5.69 Å². The van der Waals surface area contributed by atoms with Crippen LogP contribution in [-0.2, 0) is 6.54 Å². The van der Waals surface area contributed by atoms with Gasteiger partial charge in [-0.15, -0.1) is 0 Å². The quantitative estimate of drug-likeness (QED) is 0.396. The third-order valence-electron chi connectivity index (χ3n) is 4.24. The van der Waals surface area contributed by atoms with E-state index in [1.807, 2.05) is 31.2 Å². The standard InChI is InChI=1S/C18H12N4O5/c1-10-5-7-11(8-6-10)16-19-14(20-27-16)9-21-17(23)12-3-2-4-13(22(25)26)15(12)18(21)24/h2-8H,9H2,1H3. The minimum atomic E-state index is -0.746. The van der Waals surface area contributed by atoms with Crippen LogP contribution in [0.1, 0.15) is 32.1 Å². The van der Waals surface area contributed by atoms with Crippen molar-refractivity contribution in [3.63, 3.8) is 0 Å². The molecule has 9 heteroatoms. The summed E-state index contributed by atoms with van der Waals surface area (Å²) in [4.78, 5) is 40.6. The maximum absolute atomic E-state index is 12.6. The number of carbonyl (C=O) groups excluding carboxylic acids is 2. The zero-order chi connectivity index (χ0) is 19.1. The van der Waals surface area contributed by atoms with Crippen LogP contribution in [0.3, 0.4) is 0 Å². The first-order valence-corrected chi connectivity index (χ1v) is 7.99. The van der Waals surface area contributed by atoms with Gasteiger partial charge in [0, 0.05) is 11.6 Å². The number of hydrogen-bond donors (Lipinski definition) is 0. The van der Waals surface area contributed by atoms with Gasteiger partial charge < -0.3 is 4.52 Å². The average Bonchev–Trinajstić information content (AvgIpc) is 3.22. The van der Waals surface area contributed by atoms with Crippen molar-refractivity contribution in [2.45, 2.75) is 13.5 Å². The van der Waals surface area contributed by atoms with E-state index in [2.05, 4.69) is 10.1 Å². The number of carbonyl (C=O) groups is 2. The monoisotopic (exact) mass is 364 g/mol. The molecule has 0 saturated heterocycles. The summed E-state index contributed by atoms with van der Waals surface area (Å²) in [6.45, 7) is 1.71. The Hall–Kier alpha value is -3.88. The van der Waals surface area contributed by atoms with Crippen LogP contribution in [0.15, 0.2) is 47.0 Å². The third kappa shape index (κ3) is 2.74. The van der Waals surface area contributed by atoms with Gasteiger partial charge in [0.25, 0.3) is 23.4 Å². The lowest BCUT2D eigenvalue weighted by Crippen LogP contribution is -2.29. The Morgan fingerprint density at radius 3 is 2.56 bits per heavy atom. The van der Waals surface area contributed by atoms with Crippen LogP contribution in [0, 0.1) is 17.0 Å². The number of amides is 2. The highest BCUT2D eigenvalue weighted by Gasteiger charge is 2.41. The SMILES string of the molecule is Cc1ccc(-c2nc(CN3C(=O)c4cccc([N+](=O)[O-])c4C3=O)no2)cc1. The van der Waals surface area contributed by atoms with E-state index in [4.69, 9.17) is 4.52 Å². The van der Waals surface area contributed by atoms with E-state index in [1.165, 1.54) is 18.2 Å². The van der Waals surface area contributed by atoms with Crippen molar-refractivity contribution >= 4 is 17.5 Å². The number of hydrogen-bond acceptors (Lipinski definition) is 7. The first-order valence-electron chi connectivity index (χ1n) is 7.99. The molecular weight excluding hydrogens is 352 g/mol. The van der Waals surface area contributed by atoms with Gasteiger partial charge in [-0.1, -0.05) is 28.9 Å². The Labute approximate surface area is 152 Å². The molecule has 1 aliphatic heterocycles. The highest BCUT2D eigenvalue weighted by Crippen LogP contribution is 2.31. The topological polar surface area (TPSA) is 119 Å². The van der Waals surface area contributed by atoms with E-state index in [1.54, 1.807) is 0 Å². The average molecular weight is 364 g/mol. The Bertz CT molecular complexity index is 1090. The summed E-state index contributed by atoms with van der Waals surface area (Å²) in [7, 11) is 0. The predicted octanol–water partition coefficient (Wildman–Crippen LogP) is 2.75. The lowest BCUT2D eigenvalue weighted by molar-refractivity contribution is -0.385. The summed E-state index contributed by atoms with van der Waals surface area (Å²) in [6.07, 6.45) is 0. The van der Waals surface area contributed by atoms with Crippen LogP contribution in [0.25, 0.3) is 11.5 Å². The summed E-state index contributed by atoms with van der Waals surface area (Å²) in [6, 6.07) is 11.4. The molecular formula is C18H12N4O5. The van der Waals surface area contributed by atoms with Crippen molar-refractivity contribution in [2.24, 2.45) is 0 Å². The zero-order valence-corrected chi connectivity index (χ0v) is 14.1. The van der Waals surface area contributed by atoms with Crippen molar-refractivity contribution in [1.29, 1.82) is 0 Å². The molecule has 134 valence electrons. The number of aromatic nitrogens is 2. The first kappa shape index (κ1) is 16.6. The van der Waals surface area contributed by atoms with E-state index in [-0.39, 0.29) is 29.4 Å². The maximum atomic E-state index is 12.6. The maximum Gasteiger partial charge on any atom is 0.282 e. The van der Waals surface area contributed by atoms with Gasteiger partial charge in [0.2, 0.25) is 0 Å². The molecule has 0 fully saturated rings. The fourth-order valence-corrected chi connectivity index (χ4v) is 2.88. The van der Waals surface area contributed by atoms with Crippen LogP contribution < -0.4 is 0 Å². The molecule has 3 aromatic rings. The first-order chi connectivity index (χ1) is 13.0. The lowest BCUT2D eigenvalue weighted by atomic mass is 10.1. The molecule has 2 aromatic carbocycles. The van der Waals surface area contributed by atoms with Crippen molar-refractivity contribution in [3.05, 3.63) is 75.1 Å². The van der Waals surface area contributed by atoms with E-state index in [9.17, 15) is 19.7 Å². The lowest BCUT2D eigenvalue weighted by Gasteiger charge is -2.10. The molecule has 0 spiro atoms. The Kier molecular flexibility index (Phi) is 3.76. The van der Waals surface area contributed by atoms with Gasteiger partial charge in [-0.25, -0.2) is 0 Å². The fourth-order valence-electron chi connectivity index (χ4n) is 2.88. The van der Waals surface area contributed by atoms with Crippen molar-refractivity contribution in [2.75, 3.05) is 0 Å². The smallest absolute Gasteiger partial charge is 0.282 e. The van der Waals surface area contributed by atoms with Gasteiger partial charge in [0.05, 0.1) is 17.0 Å². The highest BCUT2D eigenvalue weighted by atomic mass is 16.6. The molecule has 9 nitrogen and oxygen atoms in total. The highest BCUT2D eigenvalue weighted by molar-refractivity contribution is 6.23. The van der Waals surface area contributed by atoms with Crippen LogP contribution in [0.2, 0.25) is 0 Å². The van der Waals surface area contributed by atoms with Gasteiger partial charge >= 0.3 is 0 Å². The van der Waals surface area contributed by atoms with E-state index < -0.39 is 22.4 Å². The van der Waals surface area contributed by atoms with Gasteiger partial charge in [0.15, 0.2) is 5.82 Å². The van der Waals surface area contributed by atoms with Gasteiger partial charge in [-0.05, 0) is 25.1 Å². The molecule has 0 aliphatic carbocycles. The molecule has 0 N–H and O–H groups in total. The summed E-state index contributed by atoms with van der Waals surface area (Å²) >= 11 is 0. The van der Waals surface area contributed by atoms with Gasteiger partial charge in [-0.2, -0.15) is 4.98 Å². The Morgan fingerprint density at radius 2 is 1.85 bits per heavy atom. The fraction of sp³-hybridized carbons (Fsp3) is 0.111. The molecule has 0 bridgehead atoms. The molecule has 4 rings (SSSR count). The summed E-state index contributed by atoms with van der Waals surface area (Å²) < 4.78 is 5.19. The molecule has 2 heterocycles. The second-order valence-electron chi connectivity index (χ2n) is 6.04. The normalized spacial score (nSPS) is 13.1. The van der Waals surface area contributed by atoms with Crippen molar-refractivity contribution in [1.82, 2.24) is 15.0 Å². The van der Waals surface area contributed by atoms with Crippen LogP contribution in [0.5, 0.6) is 0 Å². The number of nitro benzene ring substituents is 1. The number of rotatable bonds is 4. The summed E-state index contributed by atoms with van der Waals surface area (Å²) in [5.74, 6) is -0.986. The summed E-state index contributed by atoms with van der Waals surface area (Å²) in [5.41, 5.74) is 1.16. The van der Waals surface area contributed by atoms with Crippen molar-refractivity contribution < 1.29 is 19.0 Å². The minimum absolute atomic E-state index is 0.00328. The van der Waals surface area contributed by atoms with E-state index >= 15 is 0 Å². The molecule has 2 amide bonds. The second-order valence-corrected chi connectivity index (χ2v) is 6.04. The zero-order valence-electron chi connectivity index (χ0n) is 14.1. The molecule has 0 saturated carbocycles. The number of fused-ring (bicyclic) bond motifs is 1. The molecule has 1 aliphatic rings. The van der Waals surface area contributed by atoms with Gasteiger partial charge in [-0.3, -0.25) is 24.6 Å². The molecule has 0 radical (unpaired) electrons. The summed E-state index contributed by atoms with van der Waals surface area (Å²) in [5, 5.41) is 14.9. The molecule has 27 heavy (non-hydrogen) atoms. The number of nitrogens with zero attached hydrogens (tertiary/aromatic N) is 4. The molecule has 0 atom stereocenters. The number of nitro groups is 1. The van der Waals surface area contributed by atoms with E-state index in [0.717, 1.165) is 10.5 Å². The predicted molar refractivity (Wildman–Crippen MR) is 91.8 cm³/mol. The van der Waals surface area contributed by atoms with Crippen LogP contribution >= 0.6 is 0 Å². The Morgan fingerprint density at radius 1 is 1.11 bits per heavy atom.